The van der Waals surface area contributed by atoms with E-state index in [9.17, 15) is 14.4 Å². The predicted molar refractivity (Wildman–Crippen MR) is 106 cm³/mol. The molecule has 0 bridgehead atoms. The molecular weight excluding hydrogens is 389 g/mol. The Hall–Kier alpha value is -2.57. The molecule has 0 fully saturated rings. The summed E-state index contributed by atoms with van der Waals surface area (Å²) in [5.74, 6) is -1.60. The van der Waals surface area contributed by atoms with Gasteiger partial charge in [-0.25, -0.2) is 0 Å². The van der Waals surface area contributed by atoms with Crippen LogP contribution in [0.5, 0.6) is 0 Å². The summed E-state index contributed by atoms with van der Waals surface area (Å²) in [6.07, 6.45) is 0. The van der Waals surface area contributed by atoms with Gasteiger partial charge in [-0.05, 0) is 48.4 Å². The fourth-order valence-electron chi connectivity index (χ4n) is 2.37. The van der Waals surface area contributed by atoms with Gasteiger partial charge >= 0.3 is 0 Å². The van der Waals surface area contributed by atoms with Gasteiger partial charge in [0.15, 0.2) is 0 Å². The molecule has 3 amide bonds. The first-order valence-electron chi connectivity index (χ1n) is 8.15. The number of rotatable bonds is 6. The molecule has 1 atom stereocenters. The molecule has 0 aromatic heterocycles. The average Bonchev–Trinajstić information content (AvgIpc) is 2.59. The van der Waals surface area contributed by atoms with Gasteiger partial charge in [0.25, 0.3) is 5.91 Å². The third-order valence-corrected chi connectivity index (χ3v) is 4.40. The Balaban J connectivity index is 2.12. The largest absolute Gasteiger partial charge is 0.366 e. The van der Waals surface area contributed by atoms with Crippen molar-refractivity contribution in [2.24, 2.45) is 11.7 Å². The lowest BCUT2D eigenvalue weighted by molar-refractivity contribution is -0.118. The fraction of sp³-hybridized carbons (Fsp3) is 0.211. The average molecular weight is 408 g/mol. The van der Waals surface area contributed by atoms with Gasteiger partial charge in [-0.2, -0.15) is 0 Å². The zero-order chi connectivity index (χ0) is 20.1. The number of benzene rings is 2. The van der Waals surface area contributed by atoms with Crippen LogP contribution in [-0.2, 0) is 4.79 Å². The standard InChI is InChI=1S/C19H19Cl2N3O3/c1-10(2)16(24-18(26)14-8-5-12(20)9-15(14)21)19(27)23-13-6-3-11(4-7-13)17(22)25/h3-10,16H,1-2H3,(H2,22,25)(H,23,27)(H,24,26)/t16-/m0/s1. The van der Waals surface area contributed by atoms with E-state index < -0.39 is 23.8 Å². The maximum atomic E-state index is 12.6. The summed E-state index contributed by atoms with van der Waals surface area (Å²) >= 11 is 11.9. The first kappa shape index (κ1) is 20.7. The van der Waals surface area contributed by atoms with Crippen LogP contribution in [0, 0.1) is 5.92 Å². The first-order chi connectivity index (χ1) is 12.7. The van der Waals surface area contributed by atoms with E-state index in [1.54, 1.807) is 18.2 Å². The van der Waals surface area contributed by atoms with Crippen LogP contribution in [0.3, 0.4) is 0 Å². The monoisotopic (exact) mass is 407 g/mol. The van der Waals surface area contributed by atoms with Crippen LogP contribution < -0.4 is 16.4 Å². The minimum Gasteiger partial charge on any atom is -0.366 e. The summed E-state index contributed by atoms with van der Waals surface area (Å²) < 4.78 is 0. The number of hydrogen-bond acceptors (Lipinski definition) is 3. The number of halogens is 2. The Morgan fingerprint density at radius 2 is 1.63 bits per heavy atom. The maximum absolute atomic E-state index is 12.6. The van der Waals surface area contributed by atoms with E-state index in [-0.39, 0.29) is 16.5 Å². The lowest BCUT2D eigenvalue weighted by Crippen LogP contribution is -2.47. The predicted octanol–water partition coefficient (Wildman–Crippen LogP) is 3.49. The van der Waals surface area contributed by atoms with Gasteiger partial charge in [0.2, 0.25) is 11.8 Å². The molecule has 142 valence electrons. The highest BCUT2D eigenvalue weighted by Gasteiger charge is 2.25. The van der Waals surface area contributed by atoms with Crippen molar-refractivity contribution in [1.29, 1.82) is 0 Å². The Morgan fingerprint density at radius 3 is 2.15 bits per heavy atom. The highest BCUT2D eigenvalue weighted by Crippen LogP contribution is 2.21. The van der Waals surface area contributed by atoms with Crippen molar-refractivity contribution in [2.75, 3.05) is 5.32 Å². The van der Waals surface area contributed by atoms with E-state index in [1.807, 2.05) is 13.8 Å². The highest BCUT2D eigenvalue weighted by molar-refractivity contribution is 6.36. The molecule has 0 aliphatic carbocycles. The second-order valence-corrected chi connectivity index (χ2v) is 7.09. The van der Waals surface area contributed by atoms with E-state index in [0.29, 0.717) is 16.3 Å². The topological polar surface area (TPSA) is 101 Å². The van der Waals surface area contributed by atoms with E-state index >= 15 is 0 Å². The van der Waals surface area contributed by atoms with E-state index in [2.05, 4.69) is 10.6 Å². The molecular formula is C19H19Cl2N3O3. The van der Waals surface area contributed by atoms with Crippen molar-refractivity contribution in [2.45, 2.75) is 19.9 Å². The number of amides is 3. The zero-order valence-electron chi connectivity index (χ0n) is 14.8. The maximum Gasteiger partial charge on any atom is 0.253 e. The molecule has 2 rings (SSSR count). The first-order valence-corrected chi connectivity index (χ1v) is 8.91. The molecule has 2 aromatic carbocycles. The summed E-state index contributed by atoms with van der Waals surface area (Å²) in [6.45, 7) is 3.62. The van der Waals surface area contributed by atoms with E-state index in [4.69, 9.17) is 28.9 Å². The van der Waals surface area contributed by atoms with Crippen molar-refractivity contribution >= 4 is 46.6 Å². The van der Waals surface area contributed by atoms with Gasteiger partial charge < -0.3 is 16.4 Å². The highest BCUT2D eigenvalue weighted by atomic mass is 35.5. The number of anilines is 1. The van der Waals surface area contributed by atoms with Crippen LogP contribution >= 0.6 is 23.2 Å². The number of primary amides is 1. The fourth-order valence-corrected chi connectivity index (χ4v) is 2.86. The van der Waals surface area contributed by atoms with Crippen molar-refractivity contribution in [1.82, 2.24) is 5.32 Å². The second kappa shape index (κ2) is 8.88. The summed E-state index contributed by atoms with van der Waals surface area (Å²) in [6, 6.07) is 9.86. The SMILES string of the molecule is CC(C)[C@H](NC(=O)c1ccc(Cl)cc1Cl)C(=O)Nc1ccc(C(N)=O)cc1. The number of carbonyl (C=O) groups excluding carboxylic acids is 3. The molecule has 0 heterocycles. The molecule has 0 radical (unpaired) electrons. The van der Waals surface area contributed by atoms with E-state index in [0.717, 1.165) is 0 Å². The summed E-state index contributed by atoms with van der Waals surface area (Å²) in [5, 5.41) is 6.01. The van der Waals surface area contributed by atoms with Crippen molar-refractivity contribution in [3.05, 3.63) is 63.6 Å². The van der Waals surface area contributed by atoms with Crippen LogP contribution in [0.25, 0.3) is 0 Å². The smallest absolute Gasteiger partial charge is 0.253 e. The van der Waals surface area contributed by atoms with Gasteiger partial charge in [0, 0.05) is 16.3 Å². The quantitative estimate of drug-likeness (QED) is 0.682. The number of hydrogen-bond donors (Lipinski definition) is 3. The Morgan fingerprint density at radius 1 is 1.00 bits per heavy atom. The minimum absolute atomic E-state index is 0.176. The van der Waals surface area contributed by atoms with Gasteiger partial charge in [0.05, 0.1) is 10.6 Å². The number of carbonyl (C=O) groups is 3. The van der Waals surface area contributed by atoms with Gasteiger partial charge in [-0.3, -0.25) is 14.4 Å². The molecule has 6 nitrogen and oxygen atoms in total. The molecule has 0 saturated carbocycles. The number of nitrogens with two attached hydrogens (primary N) is 1. The normalized spacial score (nSPS) is 11.7. The Kier molecular flexibility index (Phi) is 6.82. The molecule has 0 saturated heterocycles. The van der Waals surface area contributed by atoms with Gasteiger partial charge in [0.1, 0.15) is 6.04 Å². The van der Waals surface area contributed by atoms with Crippen LogP contribution in [-0.4, -0.2) is 23.8 Å². The molecule has 0 spiro atoms. The van der Waals surface area contributed by atoms with Gasteiger partial charge in [-0.1, -0.05) is 37.0 Å². The molecule has 0 aliphatic heterocycles. The van der Waals surface area contributed by atoms with Crippen LogP contribution in [0.15, 0.2) is 42.5 Å². The summed E-state index contributed by atoms with van der Waals surface area (Å²) in [7, 11) is 0. The lowest BCUT2D eigenvalue weighted by atomic mass is 10.0. The van der Waals surface area contributed by atoms with E-state index in [1.165, 1.54) is 24.3 Å². The van der Waals surface area contributed by atoms with Crippen LogP contribution in [0.2, 0.25) is 10.0 Å². The third-order valence-electron chi connectivity index (χ3n) is 3.85. The lowest BCUT2D eigenvalue weighted by Gasteiger charge is -2.22. The summed E-state index contributed by atoms with van der Waals surface area (Å²) in [5.41, 5.74) is 6.23. The summed E-state index contributed by atoms with van der Waals surface area (Å²) in [4.78, 5) is 36.2. The molecule has 4 N–H and O–H groups in total. The second-order valence-electron chi connectivity index (χ2n) is 6.25. The molecule has 0 aliphatic rings. The molecule has 2 aromatic rings. The Bertz CT molecular complexity index is 867. The molecule has 8 heteroatoms. The zero-order valence-corrected chi connectivity index (χ0v) is 16.3. The minimum atomic E-state index is -0.792. The van der Waals surface area contributed by atoms with Gasteiger partial charge in [-0.15, -0.1) is 0 Å². The number of nitrogens with one attached hydrogen (secondary N) is 2. The third kappa shape index (κ3) is 5.45. The van der Waals surface area contributed by atoms with Crippen LogP contribution in [0.1, 0.15) is 34.6 Å². The van der Waals surface area contributed by atoms with Crippen molar-refractivity contribution < 1.29 is 14.4 Å². The van der Waals surface area contributed by atoms with Crippen molar-refractivity contribution in [3.63, 3.8) is 0 Å². The van der Waals surface area contributed by atoms with Crippen molar-refractivity contribution in [3.8, 4) is 0 Å². The Labute approximate surface area is 167 Å². The molecule has 0 unspecified atom stereocenters. The molecule has 27 heavy (non-hydrogen) atoms. The van der Waals surface area contributed by atoms with Crippen LogP contribution in [0.4, 0.5) is 5.69 Å².